The van der Waals surface area contributed by atoms with Crippen LogP contribution in [0.15, 0.2) is 71.1 Å². The van der Waals surface area contributed by atoms with E-state index in [2.05, 4.69) is 0 Å². The van der Waals surface area contributed by atoms with Crippen molar-refractivity contribution in [2.75, 3.05) is 7.11 Å². The number of ether oxygens (including phenoxy) is 2. The molecule has 0 radical (unpaired) electrons. The Labute approximate surface area is 165 Å². The Morgan fingerprint density at radius 3 is 2.34 bits per heavy atom. The average molecular weight is 392 g/mol. The van der Waals surface area contributed by atoms with Crippen molar-refractivity contribution in [1.29, 1.82) is 0 Å². The largest absolute Gasteiger partial charge is 0.497 e. The van der Waals surface area contributed by atoms with Gasteiger partial charge in [0.1, 0.15) is 40.8 Å². The zero-order valence-electron chi connectivity index (χ0n) is 15.5. The van der Waals surface area contributed by atoms with Gasteiger partial charge in [-0.2, -0.15) is 0 Å². The molecular weight excluding hydrogens is 375 g/mol. The minimum absolute atomic E-state index is 0.0670. The fourth-order valence-corrected chi connectivity index (χ4v) is 3.07. The molecule has 0 aliphatic carbocycles. The number of benzene rings is 3. The molecule has 29 heavy (non-hydrogen) atoms. The van der Waals surface area contributed by atoms with E-state index in [0.717, 1.165) is 5.56 Å². The zero-order chi connectivity index (χ0) is 20.4. The lowest BCUT2D eigenvalue weighted by Gasteiger charge is -2.06. The molecule has 4 rings (SSSR count). The highest BCUT2D eigenvalue weighted by Gasteiger charge is 2.22. The van der Waals surface area contributed by atoms with Crippen molar-refractivity contribution >= 4 is 16.9 Å². The summed E-state index contributed by atoms with van der Waals surface area (Å²) in [5, 5.41) is 10.2. The molecule has 0 bridgehead atoms. The SMILES string of the molecule is COc1ccc(-c2oc3ccc(OCc4ccc(F)cc4)cc3c2C(=O)O)cc1. The molecular formula is C23H17FO5. The van der Waals surface area contributed by atoms with Gasteiger partial charge in [-0.05, 0) is 60.2 Å². The number of aromatic carboxylic acids is 1. The Morgan fingerprint density at radius 2 is 1.69 bits per heavy atom. The molecule has 4 aromatic rings. The smallest absolute Gasteiger partial charge is 0.340 e. The molecule has 146 valence electrons. The molecule has 0 aliphatic heterocycles. The number of halogens is 1. The van der Waals surface area contributed by atoms with Crippen molar-refractivity contribution in [2.45, 2.75) is 6.61 Å². The number of methoxy groups -OCH3 is 1. The van der Waals surface area contributed by atoms with Crippen LogP contribution in [-0.2, 0) is 6.61 Å². The van der Waals surface area contributed by atoms with Crippen molar-refractivity contribution in [3.63, 3.8) is 0 Å². The van der Waals surface area contributed by atoms with E-state index in [9.17, 15) is 14.3 Å². The maximum absolute atomic E-state index is 13.0. The molecule has 5 nitrogen and oxygen atoms in total. The molecule has 3 aromatic carbocycles. The number of hydrogen-bond donors (Lipinski definition) is 1. The summed E-state index contributed by atoms with van der Waals surface area (Å²) < 4.78 is 29.7. The number of fused-ring (bicyclic) bond motifs is 1. The van der Waals surface area contributed by atoms with Gasteiger partial charge >= 0.3 is 5.97 Å². The van der Waals surface area contributed by atoms with Crippen LogP contribution in [0.1, 0.15) is 15.9 Å². The van der Waals surface area contributed by atoms with Gasteiger partial charge in [-0.15, -0.1) is 0 Å². The van der Waals surface area contributed by atoms with Crippen molar-refractivity contribution in [3.8, 4) is 22.8 Å². The highest BCUT2D eigenvalue weighted by molar-refractivity contribution is 6.08. The van der Waals surface area contributed by atoms with Crippen molar-refractivity contribution < 1.29 is 28.2 Å². The molecule has 0 unspecified atom stereocenters. The highest BCUT2D eigenvalue weighted by atomic mass is 19.1. The second-order valence-corrected chi connectivity index (χ2v) is 6.41. The normalized spacial score (nSPS) is 10.8. The topological polar surface area (TPSA) is 68.9 Å². The van der Waals surface area contributed by atoms with Crippen LogP contribution in [0.5, 0.6) is 11.5 Å². The lowest BCUT2D eigenvalue weighted by atomic mass is 10.1. The molecule has 6 heteroatoms. The van der Waals surface area contributed by atoms with Gasteiger partial charge < -0.3 is 19.0 Å². The van der Waals surface area contributed by atoms with E-state index in [0.29, 0.717) is 28.0 Å². The van der Waals surface area contributed by atoms with Gasteiger partial charge in [-0.25, -0.2) is 9.18 Å². The average Bonchev–Trinajstić information content (AvgIpc) is 3.12. The third kappa shape index (κ3) is 3.78. The molecule has 0 saturated heterocycles. The number of hydrogen-bond acceptors (Lipinski definition) is 4. The van der Waals surface area contributed by atoms with Gasteiger partial charge in [-0.3, -0.25) is 0 Å². The van der Waals surface area contributed by atoms with E-state index >= 15 is 0 Å². The predicted octanol–water partition coefficient (Wildman–Crippen LogP) is 5.52. The second kappa shape index (κ2) is 7.67. The second-order valence-electron chi connectivity index (χ2n) is 6.41. The minimum atomic E-state index is -1.09. The van der Waals surface area contributed by atoms with Gasteiger partial charge in [-0.1, -0.05) is 12.1 Å². The Morgan fingerprint density at radius 1 is 1.00 bits per heavy atom. The monoisotopic (exact) mass is 392 g/mol. The number of furan rings is 1. The van der Waals surface area contributed by atoms with Crippen LogP contribution < -0.4 is 9.47 Å². The Hall–Kier alpha value is -3.80. The quantitative estimate of drug-likeness (QED) is 0.468. The van der Waals surface area contributed by atoms with Crippen LogP contribution in [0.25, 0.3) is 22.3 Å². The van der Waals surface area contributed by atoms with E-state index in [4.69, 9.17) is 13.9 Å². The first-order chi connectivity index (χ1) is 14.0. The maximum atomic E-state index is 13.0. The van der Waals surface area contributed by atoms with Crippen molar-refractivity contribution in [3.05, 3.63) is 83.7 Å². The van der Waals surface area contributed by atoms with E-state index < -0.39 is 5.97 Å². The number of carboxylic acids is 1. The van der Waals surface area contributed by atoms with Gasteiger partial charge in [0, 0.05) is 10.9 Å². The number of carboxylic acid groups (broad SMARTS) is 1. The molecule has 0 atom stereocenters. The molecule has 1 N–H and O–H groups in total. The summed E-state index contributed by atoms with van der Waals surface area (Å²) in [4.78, 5) is 12.0. The first-order valence-corrected chi connectivity index (χ1v) is 8.86. The standard InChI is InChI=1S/C23H17FO5/c1-27-17-8-4-15(5-9-17)22-21(23(25)26)19-12-18(10-11-20(19)29-22)28-13-14-2-6-16(24)7-3-14/h2-12H,13H2,1H3,(H,25,26). The van der Waals surface area contributed by atoms with Gasteiger partial charge in [0.2, 0.25) is 0 Å². The van der Waals surface area contributed by atoms with Gasteiger partial charge in [0.15, 0.2) is 0 Å². The Bertz CT molecular complexity index is 1160. The van der Waals surface area contributed by atoms with Crippen molar-refractivity contribution in [1.82, 2.24) is 0 Å². The van der Waals surface area contributed by atoms with Crippen LogP contribution in [0.2, 0.25) is 0 Å². The Balaban J connectivity index is 1.68. The van der Waals surface area contributed by atoms with Crippen LogP contribution in [-0.4, -0.2) is 18.2 Å². The van der Waals surface area contributed by atoms with E-state index in [-0.39, 0.29) is 23.7 Å². The summed E-state index contributed by atoms with van der Waals surface area (Å²) in [6.07, 6.45) is 0. The maximum Gasteiger partial charge on any atom is 0.340 e. The first kappa shape index (κ1) is 18.6. The highest BCUT2D eigenvalue weighted by Crippen LogP contribution is 2.36. The Kier molecular flexibility index (Phi) is 4.91. The molecule has 0 spiro atoms. The molecule has 0 aliphatic rings. The lowest BCUT2D eigenvalue weighted by Crippen LogP contribution is -1.98. The van der Waals surface area contributed by atoms with Gasteiger partial charge in [0.25, 0.3) is 0 Å². The van der Waals surface area contributed by atoms with Crippen molar-refractivity contribution in [2.24, 2.45) is 0 Å². The molecule has 0 saturated carbocycles. The van der Waals surface area contributed by atoms with Crippen LogP contribution in [0.4, 0.5) is 4.39 Å². The fourth-order valence-electron chi connectivity index (χ4n) is 3.07. The molecule has 0 fully saturated rings. The minimum Gasteiger partial charge on any atom is -0.497 e. The van der Waals surface area contributed by atoms with E-state index in [1.54, 1.807) is 61.7 Å². The van der Waals surface area contributed by atoms with Crippen LogP contribution in [0.3, 0.4) is 0 Å². The third-order valence-electron chi connectivity index (χ3n) is 4.54. The van der Waals surface area contributed by atoms with Gasteiger partial charge in [0.05, 0.1) is 7.11 Å². The van der Waals surface area contributed by atoms with E-state index in [1.165, 1.54) is 12.1 Å². The lowest BCUT2D eigenvalue weighted by molar-refractivity contribution is 0.0699. The summed E-state index contributed by atoms with van der Waals surface area (Å²) in [5.41, 5.74) is 1.95. The molecule has 1 heterocycles. The molecule has 1 aromatic heterocycles. The van der Waals surface area contributed by atoms with E-state index in [1.807, 2.05) is 0 Å². The zero-order valence-corrected chi connectivity index (χ0v) is 15.5. The van der Waals surface area contributed by atoms with Crippen LogP contribution in [0, 0.1) is 5.82 Å². The summed E-state index contributed by atoms with van der Waals surface area (Å²) in [6.45, 7) is 0.234. The predicted molar refractivity (Wildman–Crippen MR) is 106 cm³/mol. The fraction of sp³-hybridized carbons (Fsp3) is 0.0870. The number of rotatable bonds is 6. The summed E-state index contributed by atoms with van der Waals surface area (Å²) in [5.74, 6) is 0.0199. The third-order valence-corrected chi connectivity index (χ3v) is 4.54. The van der Waals surface area contributed by atoms with Crippen LogP contribution >= 0.6 is 0 Å². The first-order valence-electron chi connectivity index (χ1n) is 8.86. The molecule has 0 amide bonds. The summed E-state index contributed by atoms with van der Waals surface area (Å²) >= 11 is 0. The number of carbonyl (C=O) groups is 1. The summed E-state index contributed by atoms with van der Waals surface area (Å²) in [6, 6.07) is 18.0. The summed E-state index contributed by atoms with van der Waals surface area (Å²) in [7, 11) is 1.56.